The molecule has 2 aromatic rings. The average Bonchev–Trinajstić information content (AvgIpc) is 3.57. The van der Waals surface area contributed by atoms with Gasteiger partial charge in [0, 0.05) is 38.1 Å². The Morgan fingerprint density at radius 1 is 1.12 bits per heavy atom. The van der Waals surface area contributed by atoms with Gasteiger partial charge in [-0.1, -0.05) is 19.1 Å². The first-order chi connectivity index (χ1) is 20.3. The number of aliphatic carboxylic acids is 1. The van der Waals surface area contributed by atoms with Crippen molar-refractivity contribution in [3.8, 4) is 17.2 Å². The molecule has 2 aromatic carbocycles. The minimum Gasteiger partial charge on any atom is -0.494 e. The lowest BCUT2D eigenvalue weighted by atomic mass is 9.82. The maximum Gasteiger partial charge on any atom is 0.411 e. The van der Waals surface area contributed by atoms with Crippen molar-refractivity contribution in [3.05, 3.63) is 53.3 Å². The van der Waals surface area contributed by atoms with Crippen molar-refractivity contribution < 1.29 is 54.8 Å². The fourth-order valence-electron chi connectivity index (χ4n) is 5.57. The second-order valence-electron chi connectivity index (χ2n) is 10.3. The first-order valence-corrected chi connectivity index (χ1v) is 15.3. The quantitative estimate of drug-likeness (QED) is 0.243. The SMILES string of the molecule is CCCN(CCN1CC(c2ccc3c(c2)OCO3)[C@H](C(=O)O)[C@H]1c1ccc(OC)c(F)c1)S(=O)(=O)CCOCC(F)(F)F. The standard InChI is InChI=1S/C28H34F4N2O8S/c1-3-8-34(43(37,38)12-11-40-16-28(30,31)32)10-9-33-15-20(18-4-7-23-24(14-18)42-17-41-23)25(27(35)36)26(33)19-5-6-22(39-2)21(29)13-19/h4-7,13-14,20,25-26H,3,8-12,15-17H2,1-2H3,(H,35,36)/t20?,25-,26+/m0/s1. The van der Waals surface area contributed by atoms with E-state index in [0.717, 1.165) is 0 Å². The van der Waals surface area contributed by atoms with Crippen molar-refractivity contribution in [2.75, 3.05) is 59.0 Å². The van der Waals surface area contributed by atoms with E-state index < -0.39 is 64.8 Å². The zero-order valence-corrected chi connectivity index (χ0v) is 24.5. The number of fused-ring (bicyclic) bond motifs is 1. The van der Waals surface area contributed by atoms with Crippen molar-refractivity contribution in [1.82, 2.24) is 9.21 Å². The van der Waals surface area contributed by atoms with Gasteiger partial charge in [-0.3, -0.25) is 9.69 Å². The molecule has 2 aliphatic heterocycles. The molecule has 3 atom stereocenters. The third-order valence-electron chi connectivity index (χ3n) is 7.48. The monoisotopic (exact) mass is 634 g/mol. The number of hydrogen-bond donors (Lipinski definition) is 1. The van der Waals surface area contributed by atoms with Crippen molar-refractivity contribution in [3.63, 3.8) is 0 Å². The van der Waals surface area contributed by atoms with Gasteiger partial charge in [0.05, 0.1) is 25.4 Å². The van der Waals surface area contributed by atoms with E-state index in [9.17, 15) is 35.9 Å². The van der Waals surface area contributed by atoms with E-state index in [1.165, 1.54) is 23.5 Å². The maximum absolute atomic E-state index is 14.8. The lowest BCUT2D eigenvalue weighted by Gasteiger charge is -2.30. The van der Waals surface area contributed by atoms with Crippen LogP contribution in [0.1, 0.15) is 36.4 Å². The van der Waals surface area contributed by atoms with E-state index in [-0.39, 0.29) is 38.7 Å². The smallest absolute Gasteiger partial charge is 0.411 e. The van der Waals surface area contributed by atoms with Crippen LogP contribution in [0.4, 0.5) is 17.6 Å². The second-order valence-corrected chi connectivity index (χ2v) is 12.4. The van der Waals surface area contributed by atoms with E-state index >= 15 is 0 Å². The van der Waals surface area contributed by atoms with E-state index in [0.29, 0.717) is 29.0 Å². The third kappa shape index (κ3) is 7.88. The van der Waals surface area contributed by atoms with Crippen LogP contribution in [-0.2, 0) is 19.6 Å². The third-order valence-corrected chi connectivity index (χ3v) is 9.31. The minimum atomic E-state index is -4.58. The molecule has 0 aliphatic carbocycles. The number of methoxy groups -OCH3 is 1. The largest absolute Gasteiger partial charge is 0.494 e. The highest BCUT2D eigenvalue weighted by atomic mass is 32.2. The number of alkyl halides is 3. The van der Waals surface area contributed by atoms with Gasteiger partial charge in [0.2, 0.25) is 16.8 Å². The Bertz CT molecular complexity index is 1390. The molecule has 0 spiro atoms. The molecular weight excluding hydrogens is 600 g/mol. The summed E-state index contributed by atoms with van der Waals surface area (Å²) in [6.45, 7) is -0.0769. The number of ether oxygens (including phenoxy) is 4. The van der Waals surface area contributed by atoms with Crippen LogP contribution in [-0.4, -0.2) is 93.9 Å². The van der Waals surface area contributed by atoms with Gasteiger partial charge in [-0.15, -0.1) is 0 Å². The lowest BCUT2D eigenvalue weighted by Crippen LogP contribution is -2.41. The first-order valence-electron chi connectivity index (χ1n) is 13.7. The first kappa shape index (κ1) is 32.8. The molecule has 43 heavy (non-hydrogen) atoms. The summed E-state index contributed by atoms with van der Waals surface area (Å²) in [4.78, 5) is 14.6. The van der Waals surface area contributed by atoms with E-state index in [4.69, 9.17) is 14.2 Å². The number of carbonyl (C=O) groups is 1. The molecule has 2 aliphatic rings. The Labute approximate surface area is 247 Å². The van der Waals surface area contributed by atoms with Crippen LogP contribution in [0.15, 0.2) is 36.4 Å². The predicted octanol–water partition coefficient (Wildman–Crippen LogP) is 4.03. The number of carboxylic acids is 1. The number of benzene rings is 2. The molecule has 238 valence electrons. The summed E-state index contributed by atoms with van der Waals surface area (Å²) in [5.41, 5.74) is 1.04. The summed E-state index contributed by atoms with van der Waals surface area (Å²) in [7, 11) is -2.69. The number of halogens is 4. The molecule has 0 amide bonds. The molecule has 10 nitrogen and oxygen atoms in total. The molecule has 1 saturated heterocycles. The number of sulfonamides is 1. The van der Waals surface area contributed by atoms with Crippen LogP contribution >= 0.6 is 0 Å². The zero-order valence-electron chi connectivity index (χ0n) is 23.7. The van der Waals surface area contributed by atoms with Crippen molar-refractivity contribution in [1.29, 1.82) is 0 Å². The number of hydrogen-bond acceptors (Lipinski definition) is 8. The lowest BCUT2D eigenvalue weighted by molar-refractivity contribution is -0.172. The molecule has 1 unspecified atom stereocenters. The molecule has 0 aromatic heterocycles. The zero-order chi connectivity index (χ0) is 31.4. The molecule has 0 radical (unpaired) electrons. The summed E-state index contributed by atoms with van der Waals surface area (Å²) >= 11 is 0. The van der Waals surface area contributed by atoms with Crippen molar-refractivity contribution >= 4 is 16.0 Å². The van der Waals surface area contributed by atoms with Crippen LogP contribution in [0, 0.1) is 11.7 Å². The Kier molecular flexibility index (Phi) is 10.4. The summed E-state index contributed by atoms with van der Waals surface area (Å²) < 4.78 is 99.8. The molecule has 0 bridgehead atoms. The summed E-state index contributed by atoms with van der Waals surface area (Å²) in [6, 6.07) is 8.52. The highest BCUT2D eigenvalue weighted by Crippen LogP contribution is 2.48. The summed E-state index contributed by atoms with van der Waals surface area (Å²) in [6.07, 6.45) is -4.14. The highest BCUT2D eigenvalue weighted by molar-refractivity contribution is 7.89. The van der Waals surface area contributed by atoms with E-state index in [2.05, 4.69) is 4.74 Å². The fourth-order valence-corrected chi connectivity index (χ4v) is 6.97. The molecule has 1 N–H and O–H groups in total. The van der Waals surface area contributed by atoms with Gasteiger partial charge in [0.1, 0.15) is 6.61 Å². The van der Waals surface area contributed by atoms with Gasteiger partial charge in [-0.05, 0) is 41.8 Å². The highest BCUT2D eigenvalue weighted by Gasteiger charge is 2.48. The fraction of sp³-hybridized carbons (Fsp3) is 0.536. The average molecular weight is 635 g/mol. The maximum atomic E-state index is 14.8. The van der Waals surface area contributed by atoms with Gasteiger partial charge < -0.3 is 24.1 Å². The Morgan fingerprint density at radius 2 is 1.84 bits per heavy atom. The Balaban J connectivity index is 1.61. The van der Waals surface area contributed by atoms with Crippen LogP contribution in [0.5, 0.6) is 17.2 Å². The van der Waals surface area contributed by atoms with Gasteiger partial charge >= 0.3 is 12.1 Å². The number of carboxylic acid groups (broad SMARTS) is 1. The van der Waals surface area contributed by atoms with Gasteiger partial charge in [0.15, 0.2) is 23.1 Å². The molecule has 4 rings (SSSR count). The van der Waals surface area contributed by atoms with Gasteiger partial charge in [-0.25, -0.2) is 17.1 Å². The number of nitrogens with zero attached hydrogens (tertiary/aromatic N) is 2. The van der Waals surface area contributed by atoms with E-state index in [1.807, 2.05) is 0 Å². The molecular formula is C28H34F4N2O8S. The topological polar surface area (TPSA) is 115 Å². The van der Waals surface area contributed by atoms with Gasteiger partial charge in [0.25, 0.3) is 0 Å². The minimum absolute atomic E-state index is 0.0135. The predicted molar refractivity (Wildman–Crippen MR) is 146 cm³/mol. The summed E-state index contributed by atoms with van der Waals surface area (Å²) in [5.74, 6) is -3.07. The molecule has 0 saturated carbocycles. The van der Waals surface area contributed by atoms with E-state index in [1.54, 1.807) is 36.1 Å². The van der Waals surface area contributed by atoms with Crippen molar-refractivity contribution in [2.45, 2.75) is 31.5 Å². The van der Waals surface area contributed by atoms with Gasteiger partial charge in [-0.2, -0.15) is 13.2 Å². The Morgan fingerprint density at radius 3 is 2.49 bits per heavy atom. The van der Waals surface area contributed by atoms with Crippen LogP contribution in [0.25, 0.3) is 0 Å². The van der Waals surface area contributed by atoms with Crippen LogP contribution < -0.4 is 14.2 Å². The molecule has 2 heterocycles. The van der Waals surface area contributed by atoms with Crippen molar-refractivity contribution in [2.24, 2.45) is 5.92 Å². The van der Waals surface area contributed by atoms with Crippen LogP contribution in [0.3, 0.4) is 0 Å². The number of rotatable bonds is 14. The summed E-state index contributed by atoms with van der Waals surface area (Å²) in [5, 5.41) is 10.4. The Hall–Kier alpha value is -3.14. The molecule has 1 fully saturated rings. The normalized spacial score (nSPS) is 20.6. The number of likely N-dealkylation sites (tertiary alicyclic amines) is 1. The molecule has 15 heteroatoms. The second kappa shape index (κ2) is 13.7. The van der Waals surface area contributed by atoms with Crippen LogP contribution in [0.2, 0.25) is 0 Å².